The van der Waals surface area contributed by atoms with E-state index in [1.165, 1.54) is 9.80 Å². The fourth-order valence-corrected chi connectivity index (χ4v) is 4.32. The van der Waals surface area contributed by atoms with Gasteiger partial charge in [0.2, 0.25) is 35.4 Å². The van der Waals surface area contributed by atoms with E-state index in [1.54, 1.807) is 0 Å². The molecule has 2 aliphatic heterocycles. The van der Waals surface area contributed by atoms with E-state index < -0.39 is 98.4 Å². The highest BCUT2D eigenvalue weighted by atomic mass is 16.4. The molecule has 39 heavy (non-hydrogen) atoms. The maximum absolute atomic E-state index is 13.0. The third kappa shape index (κ3) is 8.86. The van der Waals surface area contributed by atoms with Crippen molar-refractivity contribution < 1.29 is 48.9 Å². The highest BCUT2D eigenvalue weighted by Gasteiger charge is 2.38. The van der Waals surface area contributed by atoms with Crippen molar-refractivity contribution in [2.75, 3.05) is 45.9 Å². The molecular formula is C22H35N7O10. The number of hydrogen-bond acceptors (Lipinski definition) is 10. The molecule has 0 aromatic rings. The average molecular weight is 558 g/mol. The van der Waals surface area contributed by atoms with Crippen molar-refractivity contribution in [1.82, 2.24) is 31.1 Å². The number of amides is 6. The Kier molecular flexibility index (Phi) is 12.0. The Morgan fingerprint density at radius 2 is 1.36 bits per heavy atom. The summed E-state index contributed by atoms with van der Waals surface area (Å²) in [6.45, 7) is -2.57. The average Bonchev–Trinajstić information content (AvgIpc) is 3.61. The smallest absolute Gasteiger partial charge is 0.322 e. The molecule has 2 heterocycles. The summed E-state index contributed by atoms with van der Waals surface area (Å²) in [5.41, 5.74) is 5.33. The molecule has 0 spiro atoms. The number of rotatable bonds is 13. The van der Waals surface area contributed by atoms with Crippen molar-refractivity contribution in [3.05, 3.63) is 0 Å². The van der Waals surface area contributed by atoms with Gasteiger partial charge in [0.15, 0.2) is 0 Å². The van der Waals surface area contributed by atoms with Gasteiger partial charge in [0.05, 0.1) is 26.3 Å². The molecule has 0 aliphatic carbocycles. The molecule has 2 aliphatic rings. The molecule has 0 aromatic carbocycles. The number of nitrogens with two attached hydrogens (primary N) is 1. The molecule has 2 rings (SSSR count). The lowest BCUT2D eigenvalue weighted by molar-refractivity contribution is -0.143. The SMILES string of the molecule is N[C@@H](CO)C(=O)NCC(=O)N[C@@H](CO)C(=O)N1CCC[C@H]1C(=O)NCC(=O)N1CCC[C@H]1C(=O)NCC(=O)O. The fourth-order valence-electron chi connectivity index (χ4n) is 4.32. The number of aliphatic hydroxyl groups is 2. The van der Waals surface area contributed by atoms with E-state index in [1.807, 2.05) is 0 Å². The number of carboxylic acids is 1. The van der Waals surface area contributed by atoms with Gasteiger partial charge in [-0.05, 0) is 25.7 Å². The van der Waals surface area contributed by atoms with Gasteiger partial charge in [-0.15, -0.1) is 0 Å². The summed E-state index contributed by atoms with van der Waals surface area (Å²) in [4.78, 5) is 87.5. The first-order valence-corrected chi connectivity index (χ1v) is 12.4. The number of carbonyl (C=O) groups excluding carboxylic acids is 6. The van der Waals surface area contributed by atoms with Gasteiger partial charge < -0.3 is 52.1 Å². The monoisotopic (exact) mass is 557 g/mol. The van der Waals surface area contributed by atoms with E-state index in [2.05, 4.69) is 21.3 Å². The molecular weight excluding hydrogens is 522 g/mol. The van der Waals surface area contributed by atoms with Crippen LogP contribution in [0.5, 0.6) is 0 Å². The topological polar surface area (TPSA) is 261 Å². The molecule has 2 fully saturated rings. The van der Waals surface area contributed by atoms with Gasteiger partial charge in [-0.1, -0.05) is 0 Å². The Morgan fingerprint density at radius 3 is 1.92 bits per heavy atom. The summed E-state index contributed by atoms with van der Waals surface area (Å²) >= 11 is 0. The van der Waals surface area contributed by atoms with Crippen LogP contribution in [0.15, 0.2) is 0 Å². The zero-order valence-corrected chi connectivity index (χ0v) is 21.3. The second-order valence-electron chi connectivity index (χ2n) is 9.07. The Hall–Kier alpha value is -3.83. The highest BCUT2D eigenvalue weighted by Crippen LogP contribution is 2.20. The maximum Gasteiger partial charge on any atom is 0.322 e. The van der Waals surface area contributed by atoms with Gasteiger partial charge in [0, 0.05) is 13.1 Å². The predicted molar refractivity (Wildman–Crippen MR) is 130 cm³/mol. The highest BCUT2D eigenvalue weighted by molar-refractivity contribution is 5.95. The minimum Gasteiger partial charge on any atom is -0.480 e. The number of hydrogen-bond donors (Lipinski definition) is 8. The number of aliphatic hydroxyl groups excluding tert-OH is 2. The second kappa shape index (κ2) is 14.9. The molecule has 0 aromatic heterocycles. The molecule has 9 N–H and O–H groups in total. The largest absolute Gasteiger partial charge is 0.480 e. The number of nitrogens with zero attached hydrogens (tertiary/aromatic N) is 2. The van der Waals surface area contributed by atoms with E-state index in [-0.39, 0.29) is 19.5 Å². The third-order valence-electron chi connectivity index (χ3n) is 6.31. The molecule has 0 unspecified atom stereocenters. The van der Waals surface area contributed by atoms with Crippen LogP contribution in [-0.4, -0.2) is 137 Å². The Morgan fingerprint density at radius 1 is 0.795 bits per heavy atom. The maximum atomic E-state index is 13.0. The molecule has 17 heteroatoms. The summed E-state index contributed by atoms with van der Waals surface area (Å²) in [6.07, 6.45) is 1.61. The lowest BCUT2D eigenvalue weighted by atomic mass is 10.1. The lowest BCUT2D eigenvalue weighted by Crippen LogP contribution is -2.57. The van der Waals surface area contributed by atoms with Crippen LogP contribution in [0.3, 0.4) is 0 Å². The number of nitrogens with one attached hydrogen (secondary N) is 4. The molecule has 0 bridgehead atoms. The molecule has 6 amide bonds. The quantitative estimate of drug-likeness (QED) is 0.106. The number of likely N-dealkylation sites (tertiary alicyclic amines) is 2. The summed E-state index contributed by atoms with van der Waals surface area (Å²) < 4.78 is 0. The first-order valence-electron chi connectivity index (χ1n) is 12.4. The Balaban J connectivity index is 1.90. The van der Waals surface area contributed by atoms with Crippen LogP contribution in [0.4, 0.5) is 0 Å². The molecule has 17 nitrogen and oxygen atoms in total. The van der Waals surface area contributed by atoms with Gasteiger partial charge in [-0.25, -0.2) is 0 Å². The van der Waals surface area contributed by atoms with Crippen LogP contribution in [0, 0.1) is 0 Å². The van der Waals surface area contributed by atoms with E-state index in [4.69, 9.17) is 15.9 Å². The van der Waals surface area contributed by atoms with Gasteiger partial charge in [-0.3, -0.25) is 33.6 Å². The van der Waals surface area contributed by atoms with Crippen molar-refractivity contribution in [2.24, 2.45) is 5.73 Å². The Labute approximate surface area is 223 Å². The van der Waals surface area contributed by atoms with Crippen LogP contribution in [0.2, 0.25) is 0 Å². The van der Waals surface area contributed by atoms with Crippen LogP contribution in [0.1, 0.15) is 25.7 Å². The molecule has 218 valence electrons. The second-order valence-corrected chi connectivity index (χ2v) is 9.07. The van der Waals surface area contributed by atoms with Crippen LogP contribution < -0.4 is 27.0 Å². The van der Waals surface area contributed by atoms with E-state index in [9.17, 15) is 38.7 Å². The van der Waals surface area contributed by atoms with Crippen molar-refractivity contribution in [2.45, 2.75) is 49.9 Å². The Bertz CT molecular complexity index is 961. The molecule has 2 saturated heterocycles. The van der Waals surface area contributed by atoms with Gasteiger partial charge >= 0.3 is 5.97 Å². The van der Waals surface area contributed by atoms with Crippen LogP contribution >= 0.6 is 0 Å². The van der Waals surface area contributed by atoms with Crippen molar-refractivity contribution in [3.63, 3.8) is 0 Å². The van der Waals surface area contributed by atoms with Gasteiger partial charge in [-0.2, -0.15) is 0 Å². The van der Waals surface area contributed by atoms with E-state index in [0.717, 1.165) is 0 Å². The number of carbonyl (C=O) groups is 7. The molecule has 4 atom stereocenters. The van der Waals surface area contributed by atoms with Gasteiger partial charge in [0.25, 0.3) is 0 Å². The van der Waals surface area contributed by atoms with E-state index >= 15 is 0 Å². The first-order chi connectivity index (χ1) is 18.5. The summed E-state index contributed by atoms with van der Waals surface area (Å²) in [5.74, 6) is -5.33. The van der Waals surface area contributed by atoms with Crippen molar-refractivity contribution >= 4 is 41.4 Å². The molecule has 0 saturated carbocycles. The first kappa shape index (κ1) is 31.4. The standard InChI is InChI=1S/C22H35N7O10/c23-12(10-30)19(36)24-7-16(32)27-13(11-31)22(39)29-6-2-4-15(29)21(38)25-8-17(33)28-5-1-3-14(28)20(37)26-9-18(34)35/h12-15,30-31H,1-11,23H2,(H,24,36)(H,25,38)(H,26,37)(H,27,32)(H,34,35)/t12-,13-,14-,15-/m0/s1. The normalized spacial score (nSPS) is 20.1. The van der Waals surface area contributed by atoms with E-state index in [0.29, 0.717) is 19.3 Å². The summed E-state index contributed by atoms with van der Waals surface area (Å²) in [5, 5.41) is 36.4. The van der Waals surface area contributed by atoms with Gasteiger partial charge in [0.1, 0.15) is 30.7 Å². The summed E-state index contributed by atoms with van der Waals surface area (Å²) in [6, 6.07) is -4.44. The number of aliphatic carboxylic acids is 1. The third-order valence-corrected chi connectivity index (χ3v) is 6.31. The predicted octanol–water partition coefficient (Wildman–Crippen LogP) is -5.80. The number of carboxylic acid groups (broad SMARTS) is 1. The summed E-state index contributed by atoms with van der Waals surface area (Å²) in [7, 11) is 0. The minimum absolute atomic E-state index is 0.164. The van der Waals surface area contributed by atoms with Crippen LogP contribution in [-0.2, 0) is 33.6 Å². The molecule has 0 radical (unpaired) electrons. The zero-order valence-electron chi connectivity index (χ0n) is 21.3. The minimum atomic E-state index is -1.40. The van der Waals surface area contributed by atoms with Crippen LogP contribution in [0.25, 0.3) is 0 Å². The lowest BCUT2D eigenvalue weighted by Gasteiger charge is -2.28. The van der Waals surface area contributed by atoms with Crippen molar-refractivity contribution in [1.29, 1.82) is 0 Å². The fraction of sp³-hybridized carbons (Fsp3) is 0.682. The zero-order chi connectivity index (χ0) is 29.1. The van der Waals surface area contributed by atoms with Crippen molar-refractivity contribution in [3.8, 4) is 0 Å².